The molecular formula is C14H14N6OS. The van der Waals surface area contributed by atoms with E-state index in [4.69, 9.17) is 0 Å². The van der Waals surface area contributed by atoms with Gasteiger partial charge in [-0.2, -0.15) is 15.4 Å². The molecule has 7 nitrogen and oxygen atoms in total. The Hall–Kier alpha value is -2.32. The van der Waals surface area contributed by atoms with E-state index >= 15 is 0 Å². The van der Waals surface area contributed by atoms with Crippen LogP contribution in [-0.2, 0) is 13.0 Å². The van der Waals surface area contributed by atoms with Gasteiger partial charge in [-0.15, -0.1) is 11.3 Å². The Kier molecular flexibility index (Phi) is 3.12. The number of hydrogen-bond acceptors (Lipinski definition) is 6. The summed E-state index contributed by atoms with van der Waals surface area (Å²) in [5.74, 6) is -0.177. The summed E-state index contributed by atoms with van der Waals surface area (Å²) in [5, 5.41) is 14.0. The summed E-state index contributed by atoms with van der Waals surface area (Å²) in [5.41, 5.74) is 3.06. The standard InChI is InChI=1S/C14H14N6OS/c1-20-5-4-10-12(7-20)22-14(15-10)16-13(21)8-2-3-9-11(6-8)18-19-17-9/h2-3,6H,4-5,7H2,1H3,(H,15,16,21)(H,17,18,19). The quantitative estimate of drug-likeness (QED) is 0.751. The van der Waals surface area contributed by atoms with E-state index in [-0.39, 0.29) is 5.91 Å². The molecule has 0 bridgehead atoms. The van der Waals surface area contributed by atoms with Crippen LogP contribution >= 0.6 is 11.3 Å². The van der Waals surface area contributed by atoms with Crippen molar-refractivity contribution in [3.63, 3.8) is 0 Å². The number of amides is 1. The molecule has 3 aromatic rings. The van der Waals surface area contributed by atoms with Crippen molar-refractivity contribution >= 4 is 33.4 Å². The minimum atomic E-state index is -0.177. The van der Waals surface area contributed by atoms with Crippen molar-refractivity contribution in [2.75, 3.05) is 18.9 Å². The molecule has 0 fully saturated rings. The largest absolute Gasteiger partial charge is 0.301 e. The monoisotopic (exact) mass is 314 g/mol. The molecule has 1 aromatic carbocycles. The van der Waals surface area contributed by atoms with E-state index in [9.17, 15) is 4.79 Å². The van der Waals surface area contributed by atoms with E-state index < -0.39 is 0 Å². The van der Waals surface area contributed by atoms with Gasteiger partial charge >= 0.3 is 0 Å². The number of nitrogens with one attached hydrogen (secondary N) is 2. The van der Waals surface area contributed by atoms with Crippen molar-refractivity contribution in [2.24, 2.45) is 0 Å². The number of likely N-dealkylation sites (N-methyl/N-ethyl adjacent to an activating group) is 1. The number of aromatic amines is 1. The highest BCUT2D eigenvalue weighted by Gasteiger charge is 2.19. The molecular weight excluding hydrogens is 300 g/mol. The Labute approximate surface area is 130 Å². The Morgan fingerprint density at radius 2 is 2.23 bits per heavy atom. The van der Waals surface area contributed by atoms with Crippen LogP contribution in [0, 0.1) is 0 Å². The summed E-state index contributed by atoms with van der Waals surface area (Å²) in [4.78, 5) is 20.4. The van der Waals surface area contributed by atoms with Crippen molar-refractivity contribution in [2.45, 2.75) is 13.0 Å². The van der Waals surface area contributed by atoms with Gasteiger partial charge in [-0.05, 0) is 25.2 Å². The Morgan fingerprint density at radius 3 is 3.14 bits per heavy atom. The van der Waals surface area contributed by atoms with Gasteiger partial charge in [-0.25, -0.2) is 4.98 Å². The Balaban J connectivity index is 1.56. The van der Waals surface area contributed by atoms with Crippen LogP contribution in [0.15, 0.2) is 18.2 Å². The topological polar surface area (TPSA) is 86.8 Å². The fourth-order valence-corrected chi connectivity index (χ4v) is 3.61. The summed E-state index contributed by atoms with van der Waals surface area (Å²) in [6.45, 7) is 1.90. The van der Waals surface area contributed by atoms with Crippen molar-refractivity contribution in [1.82, 2.24) is 25.3 Å². The third kappa shape index (κ3) is 2.36. The van der Waals surface area contributed by atoms with Crippen LogP contribution in [0.4, 0.5) is 5.13 Å². The van der Waals surface area contributed by atoms with Gasteiger partial charge in [0.15, 0.2) is 5.13 Å². The number of thiazole rings is 1. The average Bonchev–Trinajstić information content (AvgIpc) is 3.11. The van der Waals surface area contributed by atoms with Crippen molar-refractivity contribution in [3.8, 4) is 0 Å². The Morgan fingerprint density at radius 1 is 1.36 bits per heavy atom. The van der Waals surface area contributed by atoms with E-state index in [0.717, 1.165) is 30.7 Å². The molecule has 0 atom stereocenters. The smallest absolute Gasteiger partial charge is 0.257 e. The molecule has 8 heteroatoms. The van der Waals surface area contributed by atoms with Crippen LogP contribution in [0.25, 0.3) is 11.0 Å². The van der Waals surface area contributed by atoms with Crippen molar-refractivity contribution < 1.29 is 4.79 Å². The van der Waals surface area contributed by atoms with Gasteiger partial charge in [-0.1, -0.05) is 0 Å². The second-order valence-electron chi connectivity index (χ2n) is 5.36. The third-order valence-corrected chi connectivity index (χ3v) is 4.72. The SMILES string of the molecule is CN1CCc2nc(NC(=O)c3ccc4n[nH]nc4c3)sc2C1. The van der Waals surface area contributed by atoms with Crippen LogP contribution in [0.3, 0.4) is 0 Å². The molecule has 0 saturated carbocycles. The maximum absolute atomic E-state index is 12.3. The molecule has 0 radical (unpaired) electrons. The fourth-order valence-electron chi connectivity index (χ4n) is 2.53. The molecule has 0 aliphatic carbocycles. The van der Waals surface area contributed by atoms with Gasteiger partial charge < -0.3 is 4.90 Å². The van der Waals surface area contributed by atoms with Gasteiger partial charge in [-0.3, -0.25) is 10.1 Å². The minimum absolute atomic E-state index is 0.177. The number of rotatable bonds is 2. The van der Waals surface area contributed by atoms with E-state index in [1.54, 1.807) is 29.5 Å². The summed E-state index contributed by atoms with van der Waals surface area (Å²) in [7, 11) is 2.09. The predicted octanol–water partition coefficient (Wildman–Crippen LogP) is 1.65. The number of aromatic nitrogens is 4. The number of hydrogen-bond donors (Lipinski definition) is 2. The lowest BCUT2D eigenvalue weighted by molar-refractivity contribution is 0.102. The zero-order valence-electron chi connectivity index (χ0n) is 12.0. The third-order valence-electron chi connectivity index (χ3n) is 3.72. The summed E-state index contributed by atoms with van der Waals surface area (Å²) in [6, 6.07) is 5.23. The lowest BCUT2D eigenvalue weighted by atomic mass is 10.2. The summed E-state index contributed by atoms with van der Waals surface area (Å²) >= 11 is 1.55. The molecule has 4 rings (SSSR count). The lowest BCUT2D eigenvalue weighted by Gasteiger charge is -2.20. The van der Waals surface area contributed by atoms with E-state index in [2.05, 4.69) is 37.7 Å². The zero-order valence-corrected chi connectivity index (χ0v) is 12.8. The molecule has 0 saturated heterocycles. The second kappa shape index (κ2) is 5.15. The molecule has 3 heterocycles. The molecule has 1 amide bonds. The Bertz CT molecular complexity index is 854. The molecule has 1 aliphatic heterocycles. The number of carbonyl (C=O) groups excluding carboxylic acids is 1. The first-order valence-corrected chi connectivity index (χ1v) is 7.80. The molecule has 22 heavy (non-hydrogen) atoms. The number of anilines is 1. The number of benzene rings is 1. The van der Waals surface area contributed by atoms with Crippen LogP contribution in [0.2, 0.25) is 0 Å². The predicted molar refractivity (Wildman–Crippen MR) is 84.0 cm³/mol. The average molecular weight is 314 g/mol. The maximum atomic E-state index is 12.3. The van der Waals surface area contributed by atoms with E-state index in [1.807, 2.05) is 0 Å². The molecule has 112 valence electrons. The zero-order chi connectivity index (χ0) is 15.1. The molecule has 2 N–H and O–H groups in total. The highest BCUT2D eigenvalue weighted by atomic mass is 32.1. The number of fused-ring (bicyclic) bond motifs is 2. The van der Waals surface area contributed by atoms with E-state index in [0.29, 0.717) is 16.2 Å². The van der Waals surface area contributed by atoms with Gasteiger partial charge in [0.1, 0.15) is 11.0 Å². The van der Waals surface area contributed by atoms with Gasteiger partial charge in [0.25, 0.3) is 5.91 Å². The second-order valence-corrected chi connectivity index (χ2v) is 6.44. The summed E-state index contributed by atoms with van der Waals surface area (Å²) < 4.78 is 0. The van der Waals surface area contributed by atoms with Crippen LogP contribution in [0.1, 0.15) is 20.9 Å². The lowest BCUT2D eigenvalue weighted by Crippen LogP contribution is -2.25. The van der Waals surface area contributed by atoms with Gasteiger partial charge in [0.05, 0.1) is 5.69 Å². The van der Waals surface area contributed by atoms with E-state index in [1.165, 1.54) is 4.88 Å². The van der Waals surface area contributed by atoms with Crippen LogP contribution in [0.5, 0.6) is 0 Å². The van der Waals surface area contributed by atoms with Crippen molar-refractivity contribution in [3.05, 3.63) is 34.3 Å². The molecule has 1 aliphatic rings. The first-order valence-electron chi connectivity index (χ1n) is 6.98. The molecule has 0 unspecified atom stereocenters. The summed E-state index contributed by atoms with van der Waals surface area (Å²) in [6.07, 6.45) is 0.934. The highest BCUT2D eigenvalue weighted by molar-refractivity contribution is 7.15. The minimum Gasteiger partial charge on any atom is -0.301 e. The van der Waals surface area contributed by atoms with Crippen LogP contribution in [-0.4, -0.2) is 44.8 Å². The number of H-pyrrole nitrogens is 1. The fraction of sp³-hybridized carbons (Fsp3) is 0.286. The molecule has 2 aromatic heterocycles. The maximum Gasteiger partial charge on any atom is 0.257 e. The first-order chi connectivity index (χ1) is 10.7. The van der Waals surface area contributed by atoms with Crippen LogP contribution < -0.4 is 5.32 Å². The molecule has 0 spiro atoms. The highest BCUT2D eigenvalue weighted by Crippen LogP contribution is 2.28. The number of nitrogens with zero attached hydrogens (tertiary/aromatic N) is 4. The normalized spacial score (nSPS) is 15.0. The van der Waals surface area contributed by atoms with Crippen molar-refractivity contribution in [1.29, 1.82) is 0 Å². The van der Waals surface area contributed by atoms with Gasteiger partial charge in [0.2, 0.25) is 0 Å². The number of carbonyl (C=O) groups is 1. The van der Waals surface area contributed by atoms with Gasteiger partial charge in [0, 0.05) is 30.0 Å². The first kappa shape index (κ1) is 13.4.